The zero-order chi connectivity index (χ0) is 10.8. The van der Waals surface area contributed by atoms with Gasteiger partial charge in [-0.25, -0.2) is 4.39 Å². The summed E-state index contributed by atoms with van der Waals surface area (Å²) in [5.74, 6) is 0.238. The molecule has 1 aromatic heterocycles. The highest BCUT2D eigenvalue weighted by Crippen LogP contribution is 2.27. The first kappa shape index (κ1) is 9.65. The molecular formula is C12H9FO2. The summed E-state index contributed by atoms with van der Waals surface area (Å²) < 4.78 is 18.7. The van der Waals surface area contributed by atoms with Crippen molar-refractivity contribution in [2.24, 2.45) is 0 Å². The van der Waals surface area contributed by atoms with E-state index in [1.54, 1.807) is 25.1 Å². The smallest absolute Gasteiger partial charge is 0.185 e. The second kappa shape index (κ2) is 3.69. The van der Waals surface area contributed by atoms with E-state index in [1.807, 2.05) is 0 Å². The highest BCUT2D eigenvalue weighted by atomic mass is 19.1. The van der Waals surface area contributed by atoms with E-state index in [-0.39, 0.29) is 11.6 Å². The fourth-order valence-corrected chi connectivity index (χ4v) is 1.49. The molecule has 1 aromatic carbocycles. The van der Waals surface area contributed by atoms with Crippen LogP contribution in [0.2, 0.25) is 0 Å². The van der Waals surface area contributed by atoms with Crippen molar-refractivity contribution < 1.29 is 13.6 Å². The maximum atomic E-state index is 13.5. The number of hydrogen-bond donors (Lipinski definition) is 0. The molecule has 0 fully saturated rings. The van der Waals surface area contributed by atoms with Gasteiger partial charge in [0.25, 0.3) is 0 Å². The highest BCUT2D eigenvalue weighted by Gasteiger charge is 2.11. The zero-order valence-corrected chi connectivity index (χ0v) is 8.16. The Balaban J connectivity index is 2.58. The molecule has 0 aliphatic rings. The van der Waals surface area contributed by atoms with Crippen LogP contribution in [-0.2, 0) is 0 Å². The fraction of sp³-hybridized carbons (Fsp3) is 0.0833. The minimum absolute atomic E-state index is 0.202. The molecular weight excluding hydrogens is 195 g/mol. The number of benzene rings is 1. The van der Waals surface area contributed by atoms with Gasteiger partial charge in [0.15, 0.2) is 12.0 Å². The number of aldehydes is 1. The summed E-state index contributed by atoms with van der Waals surface area (Å²) in [6.07, 6.45) is 0.597. The van der Waals surface area contributed by atoms with Gasteiger partial charge in [-0.15, -0.1) is 0 Å². The number of furan rings is 1. The molecule has 0 saturated heterocycles. The van der Waals surface area contributed by atoms with Crippen LogP contribution in [0.4, 0.5) is 4.39 Å². The number of carbonyl (C=O) groups is 1. The Morgan fingerprint density at radius 2 is 2.07 bits per heavy atom. The van der Waals surface area contributed by atoms with Crippen LogP contribution in [0.1, 0.15) is 16.1 Å². The minimum Gasteiger partial charge on any atom is -0.453 e. The molecule has 2 nitrogen and oxygen atoms in total. The average molecular weight is 204 g/mol. The van der Waals surface area contributed by atoms with Gasteiger partial charge in [-0.1, -0.05) is 12.1 Å². The molecule has 0 saturated carbocycles. The first-order valence-corrected chi connectivity index (χ1v) is 4.53. The van der Waals surface area contributed by atoms with Crippen LogP contribution in [0.5, 0.6) is 0 Å². The molecule has 3 heteroatoms. The quantitative estimate of drug-likeness (QED) is 0.703. The normalized spacial score (nSPS) is 10.3. The molecule has 1 heterocycles. The summed E-state index contributed by atoms with van der Waals surface area (Å²) in [5.41, 5.74) is 1.19. The third-order valence-electron chi connectivity index (χ3n) is 2.21. The molecule has 2 aromatic rings. The third-order valence-corrected chi connectivity index (χ3v) is 2.21. The number of aryl methyl sites for hydroxylation is 1. The predicted octanol–water partition coefficient (Wildman–Crippen LogP) is 3.21. The summed E-state index contributed by atoms with van der Waals surface area (Å²) >= 11 is 0. The molecule has 0 radical (unpaired) electrons. The first-order valence-electron chi connectivity index (χ1n) is 4.53. The van der Waals surface area contributed by atoms with Gasteiger partial charge in [0.1, 0.15) is 11.6 Å². The summed E-state index contributed by atoms with van der Waals surface area (Å²) in [6.45, 7) is 1.79. The van der Waals surface area contributed by atoms with Crippen molar-refractivity contribution in [1.82, 2.24) is 0 Å². The van der Waals surface area contributed by atoms with Crippen molar-refractivity contribution in [3.05, 3.63) is 47.5 Å². The lowest BCUT2D eigenvalue weighted by atomic mass is 10.1. The standard InChI is InChI=1S/C12H9FO2/c1-8-3-2-4-10(13)12(8)11-6-5-9(7-14)15-11/h2-7H,1H3. The number of hydrogen-bond acceptors (Lipinski definition) is 2. The maximum Gasteiger partial charge on any atom is 0.185 e. The minimum atomic E-state index is -0.346. The largest absolute Gasteiger partial charge is 0.453 e. The van der Waals surface area contributed by atoms with Gasteiger partial charge in [-0.3, -0.25) is 4.79 Å². The molecule has 2 rings (SSSR count). The number of carbonyl (C=O) groups excluding carboxylic acids is 1. The average Bonchev–Trinajstić information content (AvgIpc) is 2.66. The van der Waals surface area contributed by atoms with E-state index >= 15 is 0 Å². The summed E-state index contributed by atoms with van der Waals surface area (Å²) in [5, 5.41) is 0. The molecule has 0 aliphatic carbocycles. The van der Waals surface area contributed by atoms with Crippen molar-refractivity contribution in [3.8, 4) is 11.3 Å². The zero-order valence-electron chi connectivity index (χ0n) is 8.16. The van der Waals surface area contributed by atoms with Crippen molar-refractivity contribution in [1.29, 1.82) is 0 Å². The SMILES string of the molecule is Cc1cccc(F)c1-c1ccc(C=O)o1. The van der Waals surface area contributed by atoms with Gasteiger partial charge in [-0.2, -0.15) is 0 Å². The van der Waals surface area contributed by atoms with Gasteiger partial charge >= 0.3 is 0 Å². The Kier molecular flexibility index (Phi) is 2.37. The fourth-order valence-electron chi connectivity index (χ4n) is 1.49. The van der Waals surface area contributed by atoms with Crippen LogP contribution in [-0.4, -0.2) is 6.29 Å². The lowest BCUT2D eigenvalue weighted by Gasteiger charge is -2.02. The summed E-state index contributed by atoms with van der Waals surface area (Å²) in [7, 11) is 0. The van der Waals surface area contributed by atoms with Crippen LogP contribution < -0.4 is 0 Å². The van der Waals surface area contributed by atoms with Crippen LogP contribution in [0.25, 0.3) is 11.3 Å². The van der Waals surface area contributed by atoms with E-state index in [9.17, 15) is 9.18 Å². The third kappa shape index (κ3) is 1.68. The van der Waals surface area contributed by atoms with Crippen molar-refractivity contribution in [3.63, 3.8) is 0 Å². The van der Waals surface area contributed by atoms with Gasteiger partial charge in [-0.05, 0) is 30.7 Å². The molecule has 15 heavy (non-hydrogen) atoms. The molecule has 0 aliphatic heterocycles. The Hall–Kier alpha value is -1.90. The Bertz CT molecular complexity index is 480. The Labute approximate surface area is 86.3 Å². The summed E-state index contributed by atoms with van der Waals surface area (Å²) in [6, 6.07) is 7.91. The summed E-state index contributed by atoms with van der Waals surface area (Å²) in [4.78, 5) is 10.4. The van der Waals surface area contributed by atoms with Crippen LogP contribution in [0, 0.1) is 12.7 Å². The molecule has 0 spiro atoms. The van der Waals surface area contributed by atoms with E-state index in [2.05, 4.69) is 0 Å². The molecule has 0 N–H and O–H groups in total. The van der Waals surface area contributed by atoms with Crippen LogP contribution in [0.15, 0.2) is 34.7 Å². The van der Waals surface area contributed by atoms with Gasteiger partial charge < -0.3 is 4.42 Å². The van der Waals surface area contributed by atoms with E-state index < -0.39 is 0 Å². The molecule has 0 bridgehead atoms. The lowest BCUT2D eigenvalue weighted by Crippen LogP contribution is -1.86. The monoisotopic (exact) mass is 204 g/mol. The first-order chi connectivity index (χ1) is 7.22. The van der Waals surface area contributed by atoms with Crippen molar-refractivity contribution in [2.75, 3.05) is 0 Å². The second-order valence-corrected chi connectivity index (χ2v) is 3.25. The number of rotatable bonds is 2. The van der Waals surface area contributed by atoms with Crippen LogP contribution in [0.3, 0.4) is 0 Å². The Morgan fingerprint density at radius 3 is 2.67 bits per heavy atom. The van der Waals surface area contributed by atoms with Gasteiger partial charge in [0.2, 0.25) is 0 Å². The number of halogens is 1. The second-order valence-electron chi connectivity index (χ2n) is 3.25. The topological polar surface area (TPSA) is 30.2 Å². The van der Waals surface area contributed by atoms with Crippen molar-refractivity contribution in [2.45, 2.75) is 6.92 Å². The molecule has 0 atom stereocenters. The van der Waals surface area contributed by atoms with E-state index in [0.29, 0.717) is 17.6 Å². The lowest BCUT2D eigenvalue weighted by molar-refractivity contribution is 0.110. The highest BCUT2D eigenvalue weighted by molar-refractivity contribution is 5.73. The van der Waals surface area contributed by atoms with Gasteiger partial charge in [0, 0.05) is 0 Å². The van der Waals surface area contributed by atoms with Crippen LogP contribution >= 0.6 is 0 Å². The Morgan fingerprint density at radius 1 is 1.27 bits per heavy atom. The van der Waals surface area contributed by atoms with Crippen molar-refractivity contribution >= 4 is 6.29 Å². The molecule has 0 amide bonds. The van der Waals surface area contributed by atoms with E-state index in [1.165, 1.54) is 12.1 Å². The molecule has 0 unspecified atom stereocenters. The molecule has 76 valence electrons. The maximum absolute atomic E-state index is 13.5. The van der Waals surface area contributed by atoms with E-state index in [0.717, 1.165) is 5.56 Å². The predicted molar refractivity (Wildman–Crippen MR) is 54.2 cm³/mol. The van der Waals surface area contributed by atoms with Gasteiger partial charge in [0.05, 0.1) is 5.56 Å². The van der Waals surface area contributed by atoms with E-state index in [4.69, 9.17) is 4.42 Å².